The zero-order chi connectivity index (χ0) is 19.1. The van der Waals surface area contributed by atoms with E-state index in [9.17, 15) is 13.2 Å². The van der Waals surface area contributed by atoms with Crippen LogP contribution in [-0.2, 0) is 16.6 Å². The van der Waals surface area contributed by atoms with Gasteiger partial charge in [0, 0.05) is 18.7 Å². The van der Waals surface area contributed by atoms with Crippen LogP contribution in [0.4, 0.5) is 0 Å². The highest BCUT2D eigenvalue weighted by atomic mass is 32.2. The highest BCUT2D eigenvalue weighted by Gasteiger charge is 2.18. The minimum Gasteiger partial charge on any atom is -0.352 e. The molecule has 0 radical (unpaired) electrons. The van der Waals surface area contributed by atoms with Crippen molar-refractivity contribution in [2.75, 3.05) is 19.6 Å². The molecule has 2 aromatic rings. The summed E-state index contributed by atoms with van der Waals surface area (Å²) < 4.78 is 27.6. The summed E-state index contributed by atoms with van der Waals surface area (Å²) in [4.78, 5) is 12.5. The van der Waals surface area contributed by atoms with Crippen LogP contribution in [0.1, 0.15) is 28.8 Å². The van der Waals surface area contributed by atoms with E-state index in [1.807, 2.05) is 30.3 Å². The quantitative estimate of drug-likeness (QED) is 0.677. The van der Waals surface area contributed by atoms with Gasteiger partial charge in [-0.1, -0.05) is 36.4 Å². The first-order valence-corrected chi connectivity index (χ1v) is 10.7. The van der Waals surface area contributed by atoms with Gasteiger partial charge < -0.3 is 10.6 Å². The summed E-state index contributed by atoms with van der Waals surface area (Å²) in [6, 6.07) is 15.4. The number of nitrogens with one attached hydrogen (secondary N) is 3. The Hall–Kier alpha value is -2.22. The molecule has 0 aliphatic carbocycles. The largest absolute Gasteiger partial charge is 0.352 e. The number of rotatable bonds is 7. The molecule has 144 valence electrons. The van der Waals surface area contributed by atoms with Crippen LogP contribution in [0.3, 0.4) is 0 Å². The van der Waals surface area contributed by atoms with E-state index in [0.717, 1.165) is 31.5 Å². The third-order valence-electron chi connectivity index (χ3n) is 4.67. The first kappa shape index (κ1) is 19.5. The number of piperidine rings is 1. The molecular formula is C20H25N3O3S. The Kier molecular flexibility index (Phi) is 6.60. The minimum atomic E-state index is -3.69. The molecular weight excluding hydrogens is 362 g/mol. The number of hydrogen-bond acceptors (Lipinski definition) is 4. The molecule has 1 heterocycles. The lowest BCUT2D eigenvalue weighted by molar-refractivity contribution is 0.0944. The molecule has 3 N–H and O–H groups in total. The van der Waals surface area contributed by atoms with Crippen LogP contribution >= 0.6 is 0 Å². The topological polar surface area (TPSA) is 87.3 Å². The summed E-state index contributed by atoms with van der Waals surface area (Å²) in [6.45, 7) is 2.72. The zero-order valence-electron chi connectivity index (χ0n) is 15.1. The molecule has 1 aliphatic heterocycles. The van der Waals surface area contributed by atoms with E-state index < -0.39 is 10.0 Å². The van der Waals surface area contributed by atoms with E-state index >= 15 is 0 Å². The molecule has 0 saturated carbocycles. The van der Waals surface area contributed by atoms with Crippen molar-refractivity contribution in [3.05, 3.63) is 65.7 Å². The molecule has 1 amide bonds. The van der Waals surface area contributed by atoms with Crippen molar-refractivity contribution < 1.29 is 13.2 Å². The Morgan fingerprint density at radius 2 is 1.93 bits per heavy atom. The molecule has 6 nitrogen and oxygen atoms in total. The molecule has 0 bridgehead atoms. The second-order valence-corrected chi connectivity index (χ2v) is 8.53. The van der Waals surface area contributed by atoms with Gasteiger partial charge in [0.05, 0.1) is 4.90 Å². The first-order chi connectivity index (χ1) is 13.0. The van der Waals surface area contributed by atoms with Gasteiger partial charge in [0.25, 0.3) is 5.91 Å². The van der Waals surface area contributed by atoms with Crippen molar-refractivity contribution >= 4 is 15.9 Å². The van der Waals surface area contributed by atoms with Crippen molar-refractivity contribution in [2.24, 2.45) is 5.92 Å². The molecule has 2 aromatic carbocycles. The van der Waals surface area contributed by atoms with Gasteiger partial charge in [-0.25, -0.2) is 13.1 Å². The summed E-state index contributed by atoms with van der Waals surface area (Å²) in [5, 5.41) is 6.23. The highest BCUT2D eigenvalue weighted by molar-refractivity contribution is 7.89. The van der Waals surface area contributed by atoms with Gasteiger partial charge in [-0.2, -0.15) is 0 Å². The standard InChI is InChI=1S/C20H25N3O3S/c24-20(22-14-17-8-5-11-21-13-17)18-9-4-10-19(12-18)27(25,26)23-15-16-6-2-1-3-7-16/h1-4,6-7,9-10,12,17,21,23H,5,8,11,13-15H2,(H,22,24). The fraction of sp³-hybridized carbons (Fsp3) is 0.350. The van der Waals surface area contributed by atoms with E-state index in [2.05, 4.69) is 15.4 Å². The third kappa shape index (κ3) is 5.63. The molecule has 1 atom stereocenters. The van der Waals surface area contributed by atoms with Crippen molar-refractivity contribution in [1.29, 1.82) is 0 Å². The maximum atomic E-state index is 12.5. The number of amides is 1. The lowest BCUT2D eigenvalue weighted by Gasteiger charge is -2.22. The second-order valence-electron chi connectivity index (χ2n) is 6.76. The Balaban J connectivity index is 1.62. The molecule has 3 rings (SSSR count). The molecule has 1 unspecified atom stereocenters. The van der Waals surface area contributed by atoms with E-state index in [1.165, 1.54) is 12.1 Å². The van der Waals surface area contributed by atoms with Crippen LogP contribution in [-0.4, -0.2) is 34.0 Å². The molecule has 1 fully saturated rings. The van der Waals surface area contributed by atoms with Gasteiger partial charge >= 0.3 is 0 Å². The fourth-order valence-corrected chi connectivity index (χ4v) is 4.16. The summed E-state index contributed by atoms with van der Waals surface area (Å²) in [5.74, 6) is 0.169. The Morgan fingerprint density at radius 1 is 1.11 bits per heavy atom. The summed E-state index contributed by atoms with van der Waals surface area (Å²) in [7, 11) is -3.69. The minimum absolute atomic E-state index is 0.0883. The van der Waals surface area contributed by atoms with Crippen LogP contribution in [0.15, 0.2) is 59.5 Å². The van der Waals surface area contributed by atoms with E-state index in [0.29, 0.717) is 18.0 Å². The lowest BCUT2D eigenvalue weighted by Crippen LogP contribution is -2.38. The Morgan fingerprint density at radius 3 is 2.67 bits per heavy atom. The van der Waals surface area contributed by atoms with Crippen LogP contribution in [0.5, 0.6) is 0 Å². The molecule has 0 spiro atoms. The summed E-state index contributed by atoms with van der Waals surface area (Å²) in [6.07, 6.45) is 2.20. The van der Waals surface area contributed by atoms with E-state index in [1.54, 1.807) is 12.1 Å². The molecule has 27 heavy (non-hydrogen) atoms. The number of benzene rings is 2. The van der Waals surface area contributed by atoms with Crippen molar-refractivity contribution in [3.63, 3.8) is 0 Å². The summed E-state index contributed by atoms with van der Waals surface area (Å²) >= 11 is 0. The van der Waals surface area contributed by atoms with Crippen LogP contribution in [0, 0.1) is 5.92 Å². The lowest BCUT2D eigenvalue weighted by atomic mass is 10.00. The number of carbonyl (C=O) groups excluding carboxylic acids is 1. The predicted molar refractivity (Wildman–Crippen MR) is 105 cm³/mol. The maximum absolute atomic E-state index is 12.5. The second kappa shape index (κ2) is 9.12. The predicted octanol–water partition coefficient (Wildman–Crippen LogP) is 1.89. The van der Waals surface area contributed by atoms with Crippen LogP contribution in [0.2, 0.25) is 0 Å². The number of hydrogen-bond donors (Lipinski definition) is 3. The van der Waals surface area contributed by atoms with E-state index in [-0.39, 0.29) is 17.3 Å². The molecule has 1 saturated heterocycles. The normalized spacial score (nSPS) is 17.4. The van der Waals surface area contributed by atoms with Gasteiger partial charge in [0.1, 0.15) is 0 Å². The zero-order valence-corrected chi connectivity index (χ0v) is 16.0. The smallest absolute Gasteiger partial charge is 0.251 e. The van der Waals surface area contributed by atoms with Crippen molar-refractivity contribution in [2.45, 2.75) is 24.3 Å². The number of sulfonamides is 1. The van der Waals surface area contributed by atoms with Gasteiger partial charge in [0.15, 0.2) is 0 Å². The Labute approximate surface area is 160 Å². The van der Waals surface area contributed by atoms with Crippen molar-refractivity contribution in [1.82, 2.24) is 15.4 Å². The fourth-order valence-electron chi connectivity index (χ4n) is 3.10. The van der Waals surface area contributed by atoms with Crippen molar-refractivity contribution in [3.8, 4) is 0 Å². The van der Waals surface area contributed by atoms with Crippen LogP contribution in [0.25, 0.3) is 0 Å². The first-order valence-electron chi connectivity index (χ1n) is 9.17. The van der Waals surface area contributed by atoms with Gasteiger partial charge in [-0.05, 0) is 55.6 Å². The number of carbonyl (C=O) groups is 1. The Bertz CT molecular complexity index is 863. The average molecular weight is 388 g/mol. The summed E-state index contributed by atoms with van der Waals surface area (Å²) in [5.41, 5.74) is 1.22. The molecule has 1 aliphatic rings. The molecule has 7 heteroatoms. The van der Waals surface area contributed by atoms with Gasteiger partial charge in [0.2, 0.25) is 10.0 Å². The van der Waals surface area contributed by atoms with Crippen LogP contribution < -0.4 is 15.4 Å². The van der Waals surface area contributed by atoms with Gasteiger partial charge in [-0.3, -0.25) is 4.79 Å². The van der Waals surface area contributed by atoms with Gasteiger partial charge in [-0.15, -0.1) is 0 Å². The molecule has 0 aromatic heterocycles. The third-order valence-corrected chi connectivity index (χ3v) is 6.06. The maximum Gasteiger partial charge on any atom is 0.251 e. The average Bonchev–Trinajstić information content (AvgIpc) is 2.72. The highest BCUT2D eigenvalue weighted by Crippen LogP contribution is 2.13. The van der Waals surface area contributed by atoms with E-state index in [4.69, 9.17) is 0 Å². The monoisotopic (exact) mass is 387 g/mol. The SMILES string of the molecule is O=C(NCC1CCCNC1)c1cccc(S(=O)(=O)NCc2ccccc2)c1.